The molecule has 0 heterocycles. The maximum Gasteiger partial charge on any atom is 0.248 e. The summed E-state index contributed by atoms with van der Waals surface area (Å²) in [6, 6.07) is 3.47. The summed E-state index contributed by atoms with van der Waals surface area (Å²) in [6.07, 6.45) is 0.375. The number of amides is 2. The molecular weight excluding hydrogens is 227 g/mol. The number of hydrogen-bond acceptors (Lipinski definition) is 3. The molecule has 4 N–H and O–H groups in total. The van der Waals surface area contributed by atoms with Crippen LogP contribution in [-0.2, 0) is 4.79 Å². The second-order valence-electron chi connectivity index (χ2n) is 3.43. The van der Waals surface area contributed by atoms with Crippen molar-refractivity contribution in [2.24, 2.45) is 5.73 Å². The number of aliphatic hydroxyl groups excluding tert-OH is 1. The summed E-state index contributed by atoms with van der Waals surface area (Å²) in [7, 11) is 0. The van der Waals surface area contributed by atoms with Gasteiger partial charge in [0.1, 0.15) is 5.82 Å². The van der Waals surface area contributed by atoms with Crippen LogP contribution in [0.25, 0.3) is 0 Å². The van der Waals surface area contributed by atoms with E-state index in [1.165, 1.54) is 12.1 Å². The van der Waals surface area contributed by atoms with Gasteiger partial charge in [-0.25, -0.2) is 4.39 Å². The van der Waals surface area contributed by atoms with Gasteiger partial charge in [0.2, 0.25) is 11.8 Å². The lowest BCUT2D eigenvalue weighted by Gasteiger charge is -2.07. The lowest BCUT2D eigenvalue weighted by molar-refractivity contribution is -0.116. The molecule has 0 saturated carbocycles. The van der Waals surface area contributed by atoms with Crippen LogP contribution in [0.1, 0.15) is 23.2 Å². The van der Waals surface area contributed by atoms with Crippen molar-refractivity contribution in [1.82, 2.24) is 0 Å². The predicted octanol–water partition coefficient (Wildman–Crippen LogP) is 0.636. The number of nitrogens with one attached hydrogen (secondary N) is 1. The van der Waals surface area contributed by atoms with E-state index in [9.17, 15) is 14.0 Å². The molecule has 0 fully saturated rings. The topological polar surface area (TPSA) is 92.4 Å². The van der Waals surface area contributed by atoms with Gasteiger partial charge in [0.25, 0.3) is 0 Å². The summed E-state index contributed by atoms with van der Waals surface area (Å²) in [5.41, 5.74) is 5.06. The zero-order chi connectivity index (χ0) is 12.8. The van der Waals surface area contributed by atoms with Crippen molar-refractivity contribution in [2.45, 2.75) is 12.8 Å². The number of nitrogens with two attached hydrogens (primary N) is 1. The van der Waals surface area contributed by atoms with Crippen LogP contribution in [0.15, 0.2) is 18.2 Å². The number of halogens is 1. The van der Waals surface area contributed by atoms with Gasteiger partial charge < -0.3 is 16.2 Å². The first-order chi connectivity index (χ1) is 8.04. The molecule has 5 nitrogen and oxygen atoms in total. The minimum Gasteiger partial charge on any atom is -0.396 e. The molecule has 0 bridgehead atoms. The maximum absolute atomic E-state index is 13.3. The Kier molecular flexibility index (Phi) is 4.59. The Bertz CT molecular complexity index is 435. The Morgan fingerprint density at radius 1 is 1.41 bits per heavy atom. The van der Waals surface area contributed by atoms with E-state index in [0.717, 1.165) is 6.07 Å². The van der Waals surface area contributed by atoms with Crippen LogP contribution in [0.2, 0.25) is 0 Å². The van der Waals surface area contributed by atoms with Crippen molar-refractivity contribution in [3.63, 3.8) is 0 Å². The number of benzene rings is 1. The minimum absolute atomic E-state index is 0.0801. The molecule has 0 aliphatic carbocycles. The first kappa shape index (κ1) is 13.1. The third kappa shape index (κ3) is 3.84. The largest absolute Gasteiger partial charge is 0.396 e. The van der Waals surface area contributed by atoms with Gasteiger partial charge in [-0.1, -0.05) is 0 Å². The highest BCUT2D eigenvalue weighted by atomic mass is 19.1. The van der Waals surface area contributed by atoms with Crippen LogP contribution in [0, 0.1) is 5.82 Å². The lowest BCUT2D eigenvalue weighted by Crippen LogP contribution is -2.15. The molecule has 0 spiro atoms. The zero-order valence-corrected chi connectivity index (χ0v) is 9.07. The van der Waals surface area contributed by atoms with E-state index in [0.29, 0.717) is 6.42 Å². The quantitative estimate of drug-likeness (QED) is 0.705. The third-order valence-electron chi connectivity index (χ3n) is 2.09. The number of hydrogen-bond donors (Lipinski definition) is 3. The van der Waals surface area contributed by atoms with Crippen LogP contribution >= 0.6 is 0 Å². The minimum atomic E-state index is -0.698. The van der Waals surface area contributed by atoms with Crippen LogP contribution in [0.5, 0.6) is 0 Å². The summed E-state index contributed by atoms with van der Waals surface area (Å²) in [6.45, 7) is -0.114. The molecule has 0 atom stereocenters. The SMILES string of the molecule is NC(=O)c1ccc(F)c(NC(=O)CCCO)c1. The number of carbonyl (C=O) groups excluding carboxylic acids is 2. The number of carbonyl (C=O) groups is 2. The predicted molar refractivity (Wildman–Crippen MR) is 59.9 cm³/mol. The van der Waals surface area contributed by atoms with Gasteiger partial charge >= 0.3 is 0 Å². The molecule has 0 unspecified atom stereocenters. The fraction of sp³-hybridized carbons (Fsp3) is 0.273. The second-order valence-corrected chi connectivity index (χ2v) is 3.43. The number of aliphatic hydroxyl groups is 1. The Morgan fingerprint density at radius 2 is 2.12 bits per heavy atom. The van der Waals surface area contributed by atoms with Gasteiger partial charge in [-0.15, -0.1) is 0 Å². The molecule has 6 heteroatoms. The molecular formula is C11H13FN2O3. The van der Waals surface area contributed by atoms with Crippen LogP contribution in [-0.4, -0.2) is 23.5 Å². The van der Waals surface area contributed by atoms with Crippen molar-refractivity contribution >= 4 is 17.5 Å². The summed E-state index contributed by atoms with van der Waals surface area (Å²) >= 11 is 0. The lowest BCUT2D eigenvalue weighted by atomic mass is 10.2. The van der Waals surface area contributed by atoms with E-state index in [-0.39, 0.29) is 24.3 Å². The van der Waals surface area contributed by atoms with Crippen LogP contribution < -0.4 is 11.1 Å². The van der Waals surface area contributed by atoms with Crippen molar-refractivity contribution in [2.75, 3.05) is 11.9 Å². The molecule has 2 amide bonds. The zero-order valence-electron chi connectivity index (χ0n) is 9.07. The van der Waals surface area contributed by atoms with Crippen LogP contribution in [0.3, 0.4) is 0 Å². The molecule has 92 valence electrons. The van der Waals surface area contributed by atoms with Crippen molar-refractivity contribution in [3.05, 3.63) is 29.6 Å². The molecule has 0 aromatic heterocycles. The van der Waals surface area contributed by atoms with E-state index in [4.69, 9.17) is 10.8 Å². The summed E-state index contributed by atoms with van der Waals surface area (Å²) < 4.78 is 13.3. The molecule has 1 aromatic carbocycles. The van der Waals surface area contributed by atoms with E-state index in [1.54, 1.807) is 0 Å². The van der Waals surface area contributed by atoms with Crippen LogP contribution in [0.4, 0.5) is 10.1 Å². The molecule has 17 heavy (non-hydrogen) atoms. The smallest absolute Gasteiger partial charge is 0.248 e. The molecule has 0 aliphatic heterocycles. The summed E-state index contributed by atoms with van der Waals surface area (Å²) in [4.78, 5) is 22.2. The van der Waals surface area contributed by atoms with Gasteiger partial charge in [-0.3, -0.25) is 9.59 Å². The van der Waals surface area contributed by atoms with Crippen molar-refractivity contribution in [1.29, 1.82) is 0 Å². The molecule has 1 aromatic rings. The van der Waals surface area contributed by atoms with E-state index in [2.05, 4.69) is 5.32 Å². The maximum atomic E-state index is 13.3. The average Bonchev–Trinajstić information content (AvgIpc) is 2.29. The van der Waals surface area contributed by atoms with Gasteiger partial charge in [0.15, 0.2) is 0 Å². The fourth-order valence-electron chi connectivity index (χ4n) is 1.23. The first-order valence-electron chi connectivity index (χ1n) is 5.04. The Hall–Kier alpha value is -1.95. The normalized spacial score (nSPS) is 10.0. The van der Waals surface area contributed by atoms with E-state index >= 15 is 0 Å². The average molecular weight is 240 g/mol. The van der Waals surface area contributed by atoms with Gasteiger partial charge in [0.05, 0.1) is 5.69 Å². The first-order valence-corrected chi connectivity index (χ1v) is 5.04. The second kappa shape index (κ2) is 5.95. The Labute approximate surface area is 97.4 Å². The highest BCUT2D eigenvalue weighted by molar-refractivity contribution is 5.96. The highest BCUT2D eigenvalue weighted by Crippen LogP contribution is 2.16. The number of rotatable bonds is 5. The highest BCUT2D eigenvalue weighted by Gasteiger charge is 2.09. The van der Waals surface area contributed by atoms with E-state index in [1.807, 2.05) is 0 Å². The van der Waals surface area contributed by atoms with E-state index < -0.39 is 17.6 Å². The summed E-state index contributed by atoms with van der Waals surface area (Å²) in [5.74, 6) is -1.78. The number of anilines is 1. The fourth-order valence-corrected chi connectivity index (χ4v) is 1.23. The Balaban J connectivity index is 2.79. The monoisotopic (exact) mass is 240 g/mol. The van der Waals surface area contributed by atoms with Gasteiger partial charge in [0, 0.05) is 18.6 Å². The number of primary amides is 1. The van der Waals surface area contributed by atoms with Gasteiger partial charge in [-0.05, 0) is 24.6 Å². The molecule has 1 rings (SSSR count). The van der Waals surface area contributed by atoms with Crippen molar-refractivity contribution < 1.29 is 19.1 Å². The summed E-state index contributed by atoms with van der Waals surface area (Å²) in [5, 5.41) is 10.8. The molecule has 0 aliphatic rings. The van der Waals surface area contributed by atoms with Crippen molar-refractivity contribution in [3.8, 4) is 0 Å². The molecule has 0 saturated heterocycles. The standard InChI is InChI=1S/C11H13FN2O3/c12-8-4-3-7(11(13)17)6-9(8)14-10(16)2-1-5-15/h3-4,6,15H,1-2,5H2,(H2,13,17)(H,14,16). The Morgan fingerprint density at radius 3 is 2.71 bits per heavy atom. The third-order valence-corrected chi connectivity index (χ3v) is 2.09. The van der Waals surface area contributed by atoms with Gasteiger partial charge in [-0.2, -0.15) is 0 Å². The molecule has 0 radical (unpaired) electrons.